The van der Waals surface area contributed by atoms with Crippen LogP contribution < -0.4 is 17.7 Å². The molecule has 0 aliphatic rings. The highest BCUT2D eigenvalue weighted by molar-refractivity contribution is 5.99. The van der Waals surface area contributed by atoms with Crippen LogP contribution in [0.4, 0.5) is 11.4 Å². The topological polar surface area (TPSA) is 51.2 Å². The number of benzene rings is 2. The predicted molar refractivity (Wildman–Crippen MR) is 102 cm³/mol. The normalized spacial score (nSPS) is 10.3. The summed E-state index contributed by atoms with van der Waals surface area (Å²) in [5.74, 6) is -0.317. The number of hydrogen-bond acceptors (Lipinski definition) is 4. The van der Waals surface area contributed by atoms with Crippen molar-refractivity contribution in [1.82, 2.24) is 4.98 Å². The van der Waals surface area contributed by atoms with E-state index in [1.54, 1.807) is 13.0 Å². The number of nitrogens with one attached hydrogen (secondary N) is 1. The molecule has 0 fully saturated rings. The second-order valence-corrected chi connectivity index (χ2v) is 6.14. The number of pyridine rings is 1. The van der Waals surface area contributed by atoms with Crippen molar-refractivity contribution in [3.63, 3.8) is 0 Å². The number of ether oxygens (including phenoxy) is 1. The average molecular weight is 370 g/mol. The first-order valence-electron chi connectivity index (χ1n) is 8.41. The van der Waals surface area contributed by atoms with E-state index in [2.05, 4.69) is 36.3 Å². The highest BCUT2D eigenvalue weighted by Gasteiger charge is 2.11. The molecule has 0 bridgehead atoms. The van der Waals surface area contributed by atoms with Crippen molar-refractivity contribution in [3.05, 3.63) is 64.8 Å². The van der Waals surface area contributed by atoms with Gasteiger partial charge in [0.2, 0.25) is 0 Å². The molecule has 1 heterocycles. The van der Waals surface area contributed by atoms with E-state index in [0.29, 0.717) is 12.2 Å². The maximum Gasteiger partial charge on any atom is 0.338 e. The van der Waals surface area contributed by atoms with Gasteiger partial charge in [0.25, 0.3) is 0 Å². The van der Waals surface area contributed by atoms with Crippen molar-refractivity contribution >= 4 is 28.2 Å². The van der Waals surface area contributed by atoms with Crippen molar-refractivity contribution in [2.75, 3.05) is 11.9 Å². The van der Waals surface area contributed by atoms with Gasteiger partial charge >= 0.3 is 5.97 Å². The van der Waals surface area contributed by atoms with Gasteiger partial charge in [-0.1, -0.05) is 12.1 Å². The maximum atomic E-state index is 12.1. The second-order valence-electron chi connectivity index (χ2n) is 6.14. The van der Waals surface area contributed by atoms with Crippen LogP contribution >= 0.6 is 0 Å². The number of halogens is 1. The quantitative estimate of drug-likeness (QED) is 0.715. The van der Waals surface area contributed by atoms with Gasteiger partial charge in [-0.15, -0.1) is 0 Å². The van der Waals surface area contributed by atoms with Gasteiger partial charge in [-0.3, -0.25) is 4.98 Å². The van der Waals surface area contributed by atoms with Gasteiger partial charge in [-0.2, -0.15) is 0 Å². The van der Waals surface area contributed by atoms with Gasteiger partial charge in [-0.25, -0.2) is 4.79 Å². The Bertz CT molecular complexity index is 954. The molecule has 5 heteroatoms. The largest absolute Gasteiger partial charge is 1.00 e. The number of carbonyl (C=O) groups excluding carboxylic acids is 1. The van der Waals surface area contributed by atoms with E-state index in [4.69, 9.17) is 4.74 Å². The van der Waals surface area contributed by atoms with Crippen LogP contribution in [0.25, 0.3) is 10.9 Å². The van der Waals surface area contributed by atoms with Gasteiger partial charge < -0.3 is 22.5 Å². The highest BCUT2D eigenvalue weighted by Crippen LogP contribution is 2.29. The standard InChI is InChI=1S/C21H22N2O2.ClH/c1-5-25-21(24)16-9-10-19-17(12-16)20(11-14(3)22-19)23-18-8-6-7-13(2)15(18)4;/h6-12H,5H2,1-4H3,(H,22,23);1H/p-1. The third kappa shape index (κ3) is 3.97. The van der Waals surface area contributed by atoms with E-state index in [1.165, 1.54) is 11.1 Å². The first kappa shape index (κ1) is 19.7. The first-order chi connectivity index (χ1) is 12.0. The minimum Gasteiger partial charge on any atom is -1.00 e. The number of rotatable bonds is 4. The lowest BCUT2D eigenvalue weighted by atomic mass is 10.1. The summed E-state index contributed by atoms with van der Waals surface area (Å²) in [6.45, 7) is 8.31. The van der Waals surface area contributed by atoms with Gasteiger partial charge in [0, 0.05) is 22.5 Å². The van der Waals surface area contributed by atoms with Gasteiger partial charge in [-0.05, 0) is 69.2 Å². The van der Waals surface area contributed by atoms with Crippen LogP contribution in [-0.4, -0.2) is 17.6 Å². The highest BCUT2D eigenvalue weighted by atomic mass is 35.5. The Balaban J connectivity index is 0.00000243. The zero-order valence-electron chi connectivity index (χ0n) is 15.4. The third-order valence-electron chi connectivity index (χ3n) is 4.32. The zero-order chi connectivity index (χ0) is 18.0. The van der Waals surface area contributed by atoms with Crippen molar-refractivity contribution in [2.24, 2.45) is 0 Å². The molecule has 0 saturated heterocycles. The summed E-state index contributed by atoms with van der Waals surface area (Å²) in [4.78, 5) is 16.6. The minimum absolute atomic E-state index is 0. The second kappa shape index (κ2) is 8.19. The Kier molecular flexibility index (Phi) is 6.22. The fraction of sp³-hybridized carbons (Fsp3) is 0.238. The number of esters is 1. The third-order valence-corrected chi connectivity index (χ3v) is 4.32. The molecule has 4 nitrogen and oxygen atoms in total. The van der Waals surface area contributed by atoms with Crippen molar-refractivity contribution in [2.45, 2.75) is 27.7 Å². The molecule has 0 saturated carbocycles. The van der Waals surface area contributed by atoms with E-state index >= 15 is 0 Å². The predicted octanol–water partition coefficient (Wildman–Crippen LogP) is 2.08. The number of aromatic nitrogens is 1. The molecule has 0 aliphatic heterocycles. The van der Waals surface area contributed by atoms with Gasteiger partial charge in [0.15, 0.2) is 0 Å². The van der Waals surface area contributed by atoms with Gasteiger partial charge in [0.05, 0.1) is 17.7 Å². The lowest BCUT2D eigenvalue weighted by Crippen LogP contribution is -3.00. The lowest BCUT2D eigenvalue weighted by molar-refractivity contribution is -0.0000232. The van der Waals surface area contributed by atoms with Crippen LogP contribution in [0, 0.1) is 20.8 Å². The maximum absolute atomic E-state index is 12.1. The number of hydrogen-bond donors (Lipinski definition) is 1. The Hall–Kier alpha value is -2.59. The number of nitrogens with zero attached hydrogens (tertiary/aromatic N) is 1. The molecule has 3 aromatic rings. The molecule has 0 amide bonds. The van der Waals surface area contributed by atoms with Crippen LogP contribution in [0.2, 0.25) is 0 Å². The molecule has 0 atom stereocenters. The average Bonchev–Trinajstić information content (AvgIpc) is 2.58. The molecular formula is C21H22ClN2O2-. The molecule has 1 N–H and O–H groups in total. The van der Waals surface area contributed by atoms with Crippen LogP contribution in [0.5, 0.6) is 0 Å². The first-order valence-corrected chi connectivity index (χ1v) is 8.41. The van der Waals surface area contributed by atoms with Crippen molar-refractivity contribution < 1.29 is 21.9 Å². The molecule has 0 spiro atoms. The molecule has 2 aromatic carbocycles. The van der Waals surface area contributed by atoms with E-state index in [0.717, 1.165) is 28.0 Å². The van der Waals surface area contributed by atoms with E-state index in [9.17, 15) is 4.79 Å². The molecule has 0 unspecified atom stereocenters. The summed E-state index contributed by atoms with van der Waals surface area (Å²) < 4.78 is 5.11. The lowest BCUT2D eigenvalue weighted by Gasteiger charge is -2.15. The fourth-order valence-corrected chi connectivity index (χ4v) is 2.83. The van der Waals surface area contributed by atoms with E-state index in [-0.39, 0.29) is 18.4 Å². The summed E-state index contributed by atoms with van der Waals surface area (Å²) >= 11 is 0. The van der Waals surface area contributed by atoms with Crippen molar-refractivity contribution in [3.8, 4) is 0 Å². The summed E-state index contributed by atoms with van der Waals surface area (Å²) in [5.41, 5.74) is 6.71. The number of anilines is 2. The molecule has 26 heavy (non-hydrogen) atoms. The summed E-state index contributed by atoms with van der Waals surface area (Å²) in [6, 6.07) is 13.6. The summed E-state index contributed by atoms with van der Waals surface area (Å²) in [7, 11) is 0. The van der Waals surface area contributed by atoms with Crippen LogP contribution in [0.3, 0.4) is 0 Å². The SMILES string of the molecule is CCOC(=O)c1ccc2nc(C)cc(Nc3cccc(C)c3C)c2c1.[Cl-]. The Morgan fingerprint density at radius 1 is 1.08 bits per heavy atom. The van der Waals surface area contributed by atoms with Crippen LogP contribution in [-0.2, 0) is 4.74 Å². The molecule has 0 aliphatic carbocycles. The molecule has 0 radical (unpaired) electrons. The van der Waals surface area contributed by atoms with Crippen LogP contribution in [0.1, 0.15) is 34.1 Å². The number of fused-ring (bicyclic) bond motifs is 1. The Morgan fingerprint density at radius 2 is 1.85 bits per heavy atom. The Morgan fingerprint density at radius 3 is 2.58 bits per heavy atom. The molecule has 3 rings (SSSR count). The zero-order valence-corrected chi connectivity index (χ0v) is 16.1. The minimum atomic E-state index is -0.317. The van der Waals surface area contributed by atoms with E-state index < -0.39 is 0 Å². The number of carbonyl (C=O) groups is 1. The molecule has 1 aromatic heterocycles. The summed E-state index contributed by atoms with van der Waals surface area (Å²) in [5, 5.41) is 4.40. The smallest absolute Gasteiger partial charge is 0.338 e. The molecular weight excluding hydrogens is 348 g/mol. The number of aryl methyl sites for hydroxylation is 2. The monoisotopic (exact) mass is 369 g/mol. The van der Waals surface area contributed by atoms with E-state index in [1.807, 2.05) is 31.2 Å². The van der Waals surface area contributed by atoms with Gasteiger partial charge in [0.1, 0.15) is 0 Å². The molecule has 136 valence electrons. The Labute approximate surface area is 160 Å². The summed E-state index contributed by atoms with van der Waals surface area (Å²) in [6.07, 6.45) is 0. The van der Waals surface area contributed by atoms with Crippen molar-refractivity contribution in [1.29, 1.82) is 0 Å². The fourth-order valence-electron chi connectivity index (χ4n) is 2.83. The van der Waals surface area contributed by atoms with Crippen LogP contribution in [0.15, 0.2) is 42.5 Å².